The van der Waals surface area contributed by atoms with Crippen LogP contribution in [0.4, 0.5) is 0 Å². The first-order chi connectivity index (χ1) is 10.7. The molecular weight excluding hydrogens is 314 g/mol. The van der Waals surface area contributed by atoms with E-state index in [9.17, 15) is 9.00 Å². The van der Waals surface area contributed by atoms with E-state index in [1.165, 1.54) is 5.56 Å². The second kappa shape index (κ2) is 8.49. The van der Waals surface area contributed by atoms with Crippen LogP contribution in [0.2, 0.25) is 0 Å². The zero-order valence-corrected chi connectivity index (χ0v) is 13.9. The van der Waals surface area contributed by atoms with Crippen molar-refractivity contribution in [2.24, 2.45) is 0 Å². The third-order valence-corrected chi connectivity index (χ3v) is 5.50. The summed E-state index contributed by atoms with van der Waals surface area (Å²) in [4.78, 5) is 11.4. The van der Waals surface area contributed by atoms with Gasteiger partial charge in [-0.2, -0.15) is 0 Å². The van der Waals surface area contributed by atoms with Gasteiger partial charge in [-0.05, 0) is 29.5 Å². The summed E-state index contributed by atoms with van der Waals surface area (Å²) in [5.74, 6) is 0.753. The third kappa shape index (κ3) is 4.81. The van der Waals surface area contributed by atoms with Crippen molar-refractivity contribution in [3.63, 3.8) is 0 Å². The van der Waals surface area contributed by atoms with Crippen LogP contribution in [0.25, 0.3) is 6.08 Å². The molecule has 1 heterocycles. The molecule has 1 aliphatic heterocycles. The van der Waals surface area contributed by atoms with Crippen LogP contribution in [0, 0.1) is 0 Å². The lowest BCUT2D eigenvalue weighted by Crippen LogP contribution is -2.36. The quantitative estimate of drug-likeness (QED) is 0.838. The average molecular weight is 337 g/mol. The number of Topliss-reactive ketones (excluding diaryl/α,β-unsaturated/α-hetero) is 1. The fourth-order valence-corrected chi connectivity index (χ4v) is 3.88. The predicted octanol–water partition coefficient (Wildman–Crippen LogP) is 1.67. The monoisotopic (exact) mass is 337 g/mol. The number of ketones is 1. The SMILES string of the molecule is O.O=C1CC[C@@H](c2ccc(/C=C/S(=O)N3CCOCC3)cc2)C1. The minimum absolute atomic E-state index is 0. The largest absolute Gasteiger partial charge is 0.412 e. The van der Waals surface area contributed by atoms with Gasteiger partial charge in [0.15, 0.2) is 0 Å². The number of ether oxygens (including phenoxy) is 1. The Labute approximate surface area is 139 Å². The van der Waals surface area contributed by atoms with E-state index in [0.29, 0.717) is 50.8 Å². The molecule has 1 aromatic rings. The van der Waals surface area contributed by atoms with Crippen molar-refractivity contribution in [2.75, 3.05) is 26.3 Å². The Morgan fingerprint density at radius 3 is 2.48 bits per heavy atom. The van der Waals surface area contributed by atoms with Crippen molar-refractivity contribution >= 4 is 22.8 Å². The van der Waals surface area contributed by atoms with E-state index < -0.39 is 11.0 Å². The molecule has 0 bridgehead atoms. The topological polar surface area (TPSA) is 78.1 Å². The van der Waals surface area contributed by atoms with Crippen LogP contribution >= 0.6 is 0 Å². The fourth-order valence-electron chi connectivity index (χ4n) is 2.93. The van der Waals surface area contributed by atoms with Crippen molar-refractivity contribution in [2.45, 2.75) is 25.2 Å². The van der Waals surface area contributed by atoms with Crippen LogP contribution in [0.1, 0.15) is 36.3 Å². The first-order valence-corrected chi connectivity index (χ1v) is 8.92. The van der Waals surface area contributed by atoms with Crippen LogP contribution in [-0.2, 0) is 20.5 Å². The first kappa shape index (κ1) is 18.0. The summed E-state index contributed by atoms with van der Waals surface area (Å²) in [5.41, 5.74) is 2.27. The van der Waals surface area contributed by atoms with Crippen molar-refractivity contribution in [1.82, 2.24) is 4.31 Å². The summed E-state index contributed by atoms with van der Waals surface area (Å²) in [7, 11) is -1.09. The highest BCUT2D eigenvalue weighted by Gasteiger charge is 2.23. The molecule has 1 aromatic carbocycles. The molecule has 3 rings (SSSR count). The highest BCUT2D eigenvalue weighted by atomic mass is 32.2. The Balaban J connectivity index is 0.00000192. The normalized spacial score (nSPS) is 23.8. The molecule has 1 saturated carbocycles. The molecule has 2 N–H and O–H groups in total. The van der Waals surface area contributed by atoms with Crippen LogP contribution in [0.3, 0.4) is 0 Å². The summed E-state index contributed by atoms with van der Waals surface area (Å²) in [6.45, 7) is 2.72. The van der Waals surface area contributed by atoms with E-state index in [1.807, 2.05) is 22.5 Å². The molecule has 5 nitrogen and oxygen atoms in total. The molecule has 0 aromatic heterocycles. The Kier molecular flexibility index (Phi) is 6.65. The Morgan fingerprint density at radius 2 is 1.87 bits per heavy atom. The van der Waals surface area contributed by atoms with Crippen LogP contribution in [0.15, 0.2) is 29.7 Å². The molecule has 0 spiro atoms. The van der Waals surface area contributed by atoms with E-state index in [-0.39, 0.29) is 5.48 Å². The molecule has 2 atom stereocenters. The van der Waals surface area contributed by atoms with Gasteiger partial charge in [-0.3, -0.25) is 4.79 Å². The second-order valence-corrected chi connectivity index (χ2v) is 7.11. The maximum atomic E-state index is 12.1. The van der Waals surface area contributed by atoms with Gasteiger partial charge in [0.2, 0.25) is 0 Å². The van der Waals surface area contributed by atoms with Crippen LogP contribution in [0.5, 0.6) is 0 Å². The van der Waals surface area contributed by atoms with E-state index in [0.717, 1.165) is 12.0 Å². The summed E-state index contributed by atoms with van der Waals surface area (Å²) in [5, 5.41) is 1.74. The zero-order chi connectivity index (χ0) is 15.4. The molecule has 6 heteroatoms. The molecule has 1 unspecified atom stereocenters. The minimum atomic E-state index is -1.09. The van der Waals surface area contributed by atoms with Gasteiger partial charge in [-0.15, -0.1) is 0 Å². The van der Waals surface area contributed by atoms with Crippen LogP contribution < -0.4 is 0 Å². The summed E-state index contributed by atoms with van der Waals surface area (Å²) < 4.78 is 19.3. The van der Waals surface area contributed by atoms with Crippen LogP contribution in [-0.4, -0.2) is 46.1 Å². The lowest BCUT2D eigenvalue weighted by molar-refractivity contribution is -0.117. The number of morpholine rings is 1. The summed E-state index contributed by atoms with van der Waals surface area (Å²) in [6, 6.07) is 8.23. The molecule has 23 heavy (non-hydrogen) atoms. The first-order valence-electron chi connectivity index (χ1n) is 7.75. The molecule has 2 aliphatic rings. The third-order valence-electron chi connectivity index (χ3n) is 4.26. The van der Waals surface area contributed by atoms with Crippen molar-refractivity contribution in [1.29, 1.82) is 0 Å². The Hall–Kier alpha value is -1.34. The Bertz CT molecular complexity index is 579. The molecule has 126 valence electrons. The van der Waals surface area contributed by atoms with Gasteiger partial charge in [0.05, 0.1) is 13.2 Å². The van der Waals surface area contributed by atoms with E-state index >= 15 is 0 Å². The standard InChI is InChI=1S/C17H21NO3S.H2O/c19-17-6-5-16(13-17)15-3-1-14(2-4-15)7-12-22(20)18-8-10-21-11-9-18;/h1-4,7,12,16H,5-6,8-11,13H2;1H2/b12-7+;/t16-,22?;/m1./s1. The highest BCUT2D eigenvalue weighted by molar-refractivity contribution is 7.85. The molecule has 1 saturated heterocycles. The van der Waals surface area contributed by atoms with Gasteiger partial charge >= 0.3 is 0 Å². The van der Waals surface area contributed by atoms with Gasteiger partial charge < -0.3 is 10.2 Å². The highest BCUT2D eigenvalue weighted by Crippen LogP contribution is 2.32. The van der Waals surface area contributed by atoms with Gasteiger partial charge in [-0.25, -0.2) is 8.51 Å². The maximum absolute atomic E-state index is 12.1. The maximum Gasteiger partial charge on any atom is 0.133 e. The number of nitrogens with zero attached hydrogens (tertiary/aromatic N) is 1. The number of carbonyl (C=O) groups excluding carboxylic acids is 1. The number of hydrogen-bond acceptors (Lipinski definition) is 3. The van der Waals surface area contributed by atoms with Gasteiger partial charge in [0, 0.05) is 31.3 Å². The van der Waals surface area contributed by atoms with Crippen molar-refractivity contribution in [3.05, 3.63) is 40.8 Å². The Morgan fingerprint density at radius 1 is 1.17 bits per heavy atom. The molecule has 2 fully saturated rings. The molecule has 1 aliphatic carbocycles. The van der Waals surface area contributed by atoms with Gasteiger partial charge in [0.1, 0.15) is 16.8 Å². The van der Waals surface area contributed by atoms with Crippen molar-refractivity contribution < 1.29 is 19.2 Å². The number of benzene rings is 1. The van der Waals surface area contributed by atoms with Gasteiger partial charge in [-0.1, -0.05) is 24.3 Å². The van der Waals surface area contributed by atoms with E-state index in [4.69, 9.17) is 4.74 Å². The summed E-state index contributed by atoms with van der Waals surface area (Å²) >= 11 is 0. The van der Waals surface area contributed by atoms with E-state index in [2.05, 4.69) is 12.1 Å². The molecular formula is C17H23NO4S. The summed E-state index contributed by atoms with van der Waals surface area (Å²) in [6.07, 6.45) is 4.26. The second-order valence-electron chi connectivity index (χ2n) is 5.77. The molecule has 0 radical (unpaired) electrons. The minimum Gasteiger partial charge on any atom is -0.412 e. The van der Waals surface area contributed by atoms with Gasteiger partial charge in [0.25, 0.3) is 0 Å². The van der Waals surface area contributed by atoms with E-state index in [1.54, 1.807) is 5.41 Å². The number of rotatable bonds is 4. The predicted molar refractivity (Wildman–Crippen MR) is 91.2 cm³/mol. The smallest absolute Gasteiger partial charge is 0.133 e. The fraction of sp³-hybridized carbons (Fsp3) is 0.471. The molecule has 0 amide bonds. The van der Waals surface area contributed by atoms with Crippen molar-refractivity contribution in [3.8, 4) is 0 Å². The number of hydrogen-bond donors (Lipinski definition) is 0. The number of carbonyl (C=O) groups is 1. The lowest BCUT2D eigenvalue weighted by atomic mass is 9.97. The zero-order valence-electron chi connectivity index (χ0n) is 13.1. The average Bonchev–Trinajstić information content (AvgIpc) is 3.00. The lowest BCUT2D eigenvalue weighted by Gasteiger charge is -2.23.